The van der Waals surface area contributed by atoms with E-state index in [4.69, 9.17) is 0 Å². The number of hydrogen-bond acceptors (Lipinski definition) is 3. The van der Waals surface area contributed by atoms with Crippen molar-refractivity contribution in [2.75, 3.05) is 0 Å². The van der Waals surface area contributed by atoms with Gasteiger partial charge in [-0.15, -0.1) is 0 Å². The Hall–Kier alpha value is -2.31. The van der Waals surface area contributed by atoms with Gasteiger partial charge in [0.2, 0.25) is 0 Å². The summed E-state index contributed by atoms with van der Waals surface area (Å²) in [5, 5.41) is 28.3. The Kier molecular flexibility index (Phi) is 11.8. The summed E-state index contributed by atoms with van der Waals surface area (Å²) in [4.78, 5) is 0. The highest BCUT2D eigenvalue weighted by atomic mass is 14.3. The molecule has 0 spiro atoms. The number of nitrogens with zero attached hydrogens (tertiary/aromatic N) is 3. The molecule has 0 radical (unpaired) electrons. The monoisotopic (exact) mass is 391 g/mol. The van der Waals surface area contributed by atoms with Crippen molar-refractivity contribution in [1.29, 1.82) is 15.8 Å². The molecule has 0 aliphatic heterocycles. The maximum atomic E-state index is 9.55. The van der Waals surface area contributed by atoms with Crippen molar-refractivity contribution in [3.63, 3.8) is 0 Å². The molecule has 0 aromatic rings. The maximum absolute atomic E-state index is 9.55. The lowest BCUT2D eigenvalue weighted by molar-refractivity contribution is 0.391. The van der Waals surface area contributed by atoms with E-state index < -0.39 is 0 Å². The minimum absolute atomic E-state index is 0.225. The lowest BCUT2D eigenvalue weighted by Gasteiger charge is -2.16. The third kappa shape index (κ3) is 8.30. The van der Waals surface area contributed by atoms with Crippen molar-refractivity contribution in [2.45, 2.75) is 85.5 Å². The van der Waals surface area contributed by atoms with E-state index in [0.29, 0.717) is 19.3 Å². The smallest absolute Gasteiger partial charge is 0.0943 e. The van der Waals surface area contributed by atoms with Crippen LogP contribution in [-0.4, -0.2) is 0 Å². The quantitative estimate of drug-likeness (QED) is 0.272. The number of allylic oxidation sites excluding steroid dienone is 6. The maximum Gasteiger partial charge on any atom is 0.0943 e. The topological polar surface area (TPSA) is 71.4 Å². The first kappa shape index (κ1) is 24.7. The van der Waals surface area contributed by atoms with Gasteiger partial charge < -0.3 is 0 Å². The molecule has 3 heteroatoms. The van der Waals surface area contributed by atoms with Gasteiger partial charge in [-0.25, -0.2) is 0 Å². The molecule has 0 saturated heterocycles. The van der Waals surface area contributed by atoms with Crippen LogP contribution in [0.3, 0.4) is 0 Å². The van der Waals surface area contributed by atoms with Gasteiger partial charge in [0.05, 0.1) is 30.0 Å². The van der Waals surface area contributed by atoms with Crippen molar-refractivity contribution < 1.29 is 0 Å². The largest absolute Gasteiger partial charge is 0.198 e. The Morgan fingerprint density at radius 3 is 2.31 bits per heavy atom. The van der Waals surface area contributed by atoms with Crippen molar-refractivity contribution >= 4 is 0 Å². The van der Waals surface area contributed by atoms with Crippen LogP contribution in [0.15, 0.2) is 34.9 Å². The minimum atomic E-state index is -0.335. The predicted octanol–water partition coefficient (Wildman–Crippen LogP) is 7.41. The highest BCUT2D eigenvalue weighted by Gasteiger charge is 2.22. The summed E-state index contributed by atoms with van der Waals surface area (Å²) in [7, 11) is 0. The van der Waals surface area contributed by atoms with Gasteiger partial charge in [-0.3, -0.25) is 0 Å². The number of nitriles is 3. The molecule has 1 fully saturated rings. The van der Waals surface area contributed by atoms with E-state index in [-0.39, 0.29) is 11.8 Å². The first-order valence-corrected chi connectivity index (χ1v) is 11.2. The molecular weight excluding hydrogens is 354 g/mol. The van der Waals surface area contributed by atoms with Crippen LogP contribution in [0.5, 0.6) is 0 Å². The van der Waals surface area contributed by atoms with Gasteiger partial charge in [-0.1, -0.05) is 56.9 Å². The molecule has 0 aromatic heterocycles. The van der Waals surface area contributed by atoms with Crippen LogP contribution >= 0.6 is 0 Å². The zero-order valence-corrected chi connectivity index (χ0v) is 18.7. The Labute approximate surface area is 178 Å². The van der Waals surface area contributed by atoms with E-state index in [0.717, 1.165) is 35.8 Å². The molecule has 1 aliphatic carbocycles. The van der Waals surface area contributed by atoms with Gasteiger partial charge in [0, 0.05) is 5.57 Å². The number of rotatable bonds is 11. The van der Waals surface area contributed by atoms with Crippen molar-refractivity contribution in [3.8, 4) is 18.2 Å². The molecule has 1 saturated carbocycles. The molecule has 1 rings (SSSR count). The first-order valence-electron chi connectivity index (χ1n) is 11.2. The standard InChI is InChI=1S/C26H37N3/c1-5-23(18-28)26(6-2)25(19-29)16-14-22(17-27)11-7-9-20(3)13-15-24-12-8-10-21(24)4/h6,9,14,21,23-25H,5,7-8,10-13,15-16H2,1-4H3/b20-9+,22-14+,26-6+. The molecule has 0 N–H and O–H groups in total. The summed E-state index contributed by atoms with van der Waals surface area (Å²) in [6.45, 7) is 8.43. The van der Waals surface area contributed by atoms with Crippen LogP contribution in [0, 0.1) is 57.7 Å². The Balaban J connectivity index is 2.57. The average molecular weight is 392 g/mol. The predicted molar refractivity (Wildman–Crippen MR) is 119 cm³/mol. The summed E-state index contributed by atoms with van der Waals surface area (Å²) in [5.41, 5.74) is 3.04. The van der Waals surface area contributed by atoms with Crippen molar-refractivity contribution in [2.24, 2.45) is 23.7 Å². The highest BCUT2D eigenvalue weighted by molar-refractivity contribution is 5.26. The van der Waals surface area contributed by atoms with Gasteiger partial charge in [0.1, 0.15) is 0 Å². The normalized spacial score (nSPS) is 22.4. The summed E-state index contributed by atoms with van der Waals surface area (Å²) in [6, 6.07) is 6.90. The van der Waals surface area contributed by atoms with E-state index >= 15 is 0 Å². The SMILES string of the molecule is C/C=C(\C(C#N)CC)C(C#N)C/C=C(/C#N)CC/C=C(\C)CCC1CCCC1C. The fraction of sp³-hybridized carbons (Fsp3) is 0.654. The van der Waals surface area contributed by atoms with Gasteiger partial charge in [-0.05, 0) is 69.8 Å². The third-order valence-electron chi connectivity index (χ3n) is 6.46. The fourth-order valence-electron chi connectivity index (χ4n) is 4.41. The second-order valence-electron chi connectivity index (χ2n) is 8.43. The molecule has 0 heterocycles. The second kappa shape index (κ2) is 13.8. The van der Waals surface area contributed by atoms with E-state index in [1.165, 1.54) is 31.3 Å². The lowest BCUT2D eigenvalue weighted by atomic mass is 9.85. The molecule has 1 aliphatic rings. The molecule has 3 nitrogen and oxygen atoms in total. The molecule has 156 valence electrons. The fourth-order valence-corrected chi connectivity index (χ4v) is 4.41. The number of hydrogen-bond donors (Lipinski definition) is 0. The summed E-state index contributed by atoms with van der Waals surface area (Å²) >= 11 is 0. The van der Waals surface area contributed by atoms with Gasteiger partial charge >= 0.3 is 0 Å². The molecule has 4 atom stereocenters. The summed E-state index contributed by atoms with van der Waals surface area (Å²) in [6.07, 6.45) is 15.4. The highest BCUT2D eigenvalue weighted by Crippen LogP contribution is 2.35. The lowest BCUT2D eigenvalue weighted by Crippen LogP contribution is -2.10. The third-order valence-corrected chi connectivity index (χ3v) is 6.46. The van der Waals surface area contributed by atoms with E-state index in [1.807, 2.05) is 26.0 Å². The van der Waals surface area contributed by atoms with Crippen molar-refractivity contribution in [3.05, 3.63) is 34.9 Å². The molecule has 0 bridgehead atoms. The van der Waals surface area contributed by atoms with Gasteiger partial charge in [-0.2, -0.15) is 15.8 Å². The average Bonchev–Trinajstić information content (AvgIpc) is 3.15. The minimum Gasteiger partial charge on any atom is -0.198 e. The van der Waals surface area contributed by atoms with Gasteiger partial charge in [0.15, 0.2) is 0 Å². The molecule has 0 amide bonds. The second-order valence-corrected chi connectivity index (χ2v) is 8.43. The van der Waals surface area contributed by atoms with E-state index in [9.17, 15) is 15.8 Å². The Bertz CT molecular complexity index is 721. The first-order chi connectivity index (χ1) is 14.0. The van der Waals surface area contributed by atoms with E-state index in [2.05, 4.69) is 38.1 Å². The zero-order valence-electron chi connectivity index (χ0n) is 18.7. The molecule has 29 heavy (non-hydrogen) atoms. The van der Waals surface area contributed by atoms with Crippen LogP contribution in [0.2, 0.25) is 0 Å². The van der Waals surface area contributed by atoms with Crippen LogP contribution in [0.4, 0.5) is 0 Å². The summed E-state index contributed by atoms with van der Waals surface area (Å²) in [5.74, 6) is 1.20. The van der Waals surface area contributed by atoms with Crippen LogP contribution in [0.25, 0.3) is 0 Å². The van der Waals surface area contributed by atoms with Gasteiger partial charge in [0.25, 0.3) is 0 Å². The zero-order chi connectivity index (χ0) is 21.6. The van der Waals surface area contributed by atoms with Crippen molar-refractivity contribution in [1.82, 2.24) is 0 Å². The van der Waals surface area contributed by atoms with Crippen LogP contribution in [-0.2, 0) is 0 Å². The molecule has 4 unspecified atom stereocenters. The molecular formula is C26H37N3. The summed E-state index contributed by atoms with van der Waals surface area (Å²) < 4.78 is 0. The van der Waals surface area contributed by atoms with E-state index in [1.54, 1.807) is 0 Å². The molecule has 0 aromatic carbocycles. The Morgan fingerprint density at radius 1 is 1.07 bits per heavy atom. The van der Waals surface area contributed by atoms with Crippen LogP contribution < -0.4 is 0 Å². The Morgan fingerprint density at radius 2 is 1.79 bits per heavy atom. The van der Waals surface area contributed by atoms with Crippen LogP contribution in [0.1, 0.15) is 85.5 Å².